The molecule has 3 aromatic rings. The van der Waals surface area contributed by atoms with Crippen LogP contribution in [0, 0.1) is 5.82 Å². The minimum atomic E-state index is -3.62. The monoisotopic (exact) mass is 402 g/mol. The van der Waals surface area contributed by atoms with Crippen molar-refractivity contribution in [3.05, 3.63) is 53.8 Å². The highest BCUT2D eigenvalue weighted by atomic mass is 32.2. The molecule has 9 heteroatoms. The number of nitrogens with zero attached hydrogens (tertiary/aromatic N) is 4. The number of fused-ring (bicyclic) bond motifs is 1. The molecule has 0 amide bonds. The Labute approximate surface area is 161 Å². The molecule has 0 radical (unpaired) electrons. The predicted octanol–water partition coefficient (Wildman–Crippen LogP) is 2.80. The van der Waals surface area contributed by atoms with E-state index in [0.717, 1.165) is 5.52 Å². The molecule has 0 N–H and O–H groups in total. The van der Waals surface area contributed by atoms with Crippen LogP contribution in [0.5, 0.6) is 0 Å². The maximum Gasteiger partial charge on any atom is 0.243 e. The highest BCUT2D eigenvalue weighted by Gasteiger charge is 2.31. The first-order chi connectivity index (χ1) is 13.4. The van der Waals surface area contributed by atoms with Crippen molar-refractivity contribution in [3.63, 3.8) is 0 Å². The number of carbonyl (C=O) groups excluding carboxylic acids is 1. The summed E-state index contributed by atoms with van der Waals surface area (Å²) >= 11 is 0. The maximum absolute atomic E-state index is 13.3. The number of aromatic nitrogens is 3. The first kappa shape index (κ1) is 18.7. The molecule has 0 bridgehead atoms. The smallest absolute Gasteiger partial charge is 0.243 e. The van der Waals surface area contributed by atoms with E-state index in [9.17, 15) is 17.6 Å². The van der Waals surface area contributed by atoms with Crippen LogP contribution in [0.2, 0.25) is 0 Å². The van der Waals surface area contributed by atoms with Crippen LogP contribution in [-0.4, -0.2) is 46.6 Å². The lowest BCUT2D eigenvalue weighted by Gasteiger charge is -2.31. The zero-order chi connectivity index (χ0) is 19.9. The van der Waals surface area contributed by atoms with E-state index in [-0.39, 0.29) is 22.5 Å². The van der Waals surface area contributed by atoms with Gasteiger partial charge in [-0.3, -0.25) is 4.79 Å². The van der Waals surface area contributed by atoms with Gasteiger partial charge in [-0.15, -0.1) is 5.10 Å². The summed E-state index contributed by atoms with van der Waals surface area (Å²) in [6.45, 7) is 2.14. The minimum absolute atomic E-state index is 0.00185. The number of hydrogen-bond donors (Lipinski definition) is 0. The fourth-order valence-electron chi connectivity index (χ4n) is 3.52. The molecule has 1 aromatic heterocycles. The highest BCUT2D eigenvalue weighted by Crippen LogP contribution is 2.28. The van der Waals surface area contributed by atoms with Gasteiger partial charge in [0.05, 0.1) is 16.5 Å². The van der Waals surface area contributed by atoms with Gasteiger partial charge in [0.25, 0.3) is 0 Å². The fraction of sp³-hybridized carbons (Fsp3) is 0.316. The van der Waals surface area contributed by atoms with Crippen LogP contribution in [0.4, 0.5) is 4.39 Å². The summed E-state index contributed by atoms with van der Waals surface area (Å²) in [5, 5.41) is 8.14. The van der Waals surface area contributed by atoms with E-state index in [0.29, 0.717) is 37.0 Å². The van der Waals surface area contributed by atoms with Crippen LogP contribution in [0.1, 0.15) is 36.2 Å². The lowest BCUT2D eigenvalue weighted by Crippen LogP contribution is -2.39. The lowest BCUT2D eigenvalue weighted by atomic mass is 10.1. The second-order valence-electron chi connectivity index (χ2n) is 6.88. The normalized spacial score (nSPS) is 16.5. The van der Waals surface area contributed by atoms with Crippen LogP contribution in [0.3, 0.4) is 0 Å². The number of ketones is 1. The molecule has 0 atom stereocenters. The molecule has 1 saturated heterocycles. The van der Waals surface area contributed by atoms with Crippen molar-refractivity contribution in [3.8, 4) is 0 Å². The van der Waals surface area contributed by atoms with E-state index < -0.39 is 10.0 Å². The van der Waals surface area contributed by atoms with E-state index in [1.165, 1.54) is 47.6 Å². The zero-order valence-electron chi connectivity index (χ0n) is 15.2. The van der Waals surface area contributed by atoms with Crippen molar-refractivity contribution >= 4 is 26.8 Å². The summed E-state index contributed by atoms with van der Waals surface area (Å²) in [7, 11) is -3.62. The quantitative estimate of drug-likeness (QED) is 0.627. The highest BCUT2D eigenvalue weighted by molar-refractivity contribution is 7.89. The standard InChI is InChI=1S/C19H19FN4O3S/c1-13(25)14-2-5-17(6-3-14)28(26,27)23-10-8-16(9-11-23)24-19-7-4-15(20)12-18(19)21-22-24/h2-7,12,16H,8-11H2,1H3. The SMILES string of the molecule is CC(=O)c1ccc(S(=O)(=O)N2CCC(n3nnc4cc(F)ccc43)CC2)cc1. The molecule has 28 heavy (non-hydrogen) atoms. The number of carbonyl (C=O) groups is 1. The second kappa shape index (κ2) is 7.06. The Kier molecular flexibility index (Phi) is 4.72. The van der Waals surface area contributed by atoms with Gasteiger partial charge in [-0.1, -0.05) is 17.3 Å². The molecular weight excluding hydrogens is 383 g/mol. The third-order valence-electron chi connectivity index (χ3n) is 5.10. The molecule has 2 heterocycles. The van der Waals surface area contributed by atoms with Gasteiger partial charge >= 0.3 is 0 Å². The average Bonchev–Trinajstić information content (AvgIpc) is 3.11. The predicted molar refractivity (Wildman–Crippen MR) is 101 cm³/mol. The molecule has 0 aliphatic carbocycles. The van der Waals surface area contributed by atoms with E-state index >= 15 is 0 Å². The number of halogens is 1. The Morgan fingerprint density at radius 2 is 1.79 bits per heavy atom. The van der Waals surface area contributed by atoms with Crippen LogP contribution in [-0.2, 0) is 10.0 Å². The number of benzene rings is 2. The molecular formula is C19H19FN4O3S. The molecule has 1 aliphatic rings. The lowest BCUT2D eigenvalue weighted by molar-refractivity contribution is 0.101. The van der Waals surface area contributed by atoms with Crippen LogP contribution < -0.4 is 0 Å². The summed E-state index contributed by atoms with van der Waals surface area (Å²) in [5.74, 6) is -0.471. The number of sulfonamides is 1. The summed E-state index contributed by atoms with van der Waals surface area (Å²) in [6, 6.07) is 10.3. The number of hydrogen-bond acceptors (Lipinski definition) is 5. The molecule has 146 valence electrons. The first-order valence-corrected chi connectivity index (χ1v) is 10.4. The van der Waals surface area contributed by atoms with Gasteiger partial charge in [0.1, 0.15) is 11.3 Å². The van der Waals surface area contributed by atoms with Crippen LogP contribution in [0.25, 0.3) is 11.0 Å². The molecule has 1 aliphatic heterocycles. The maximum atomic E-state index is 13.3. The van der Waals surface area contributed by atoms with Gasteiger partial charge in [0, 0.05) is 24.7 Å². The molecule has 0 spiro atoms. The summed E-state index contributed by atoms with van der Waals surface area (Å²) in [4.78, 5) is 11.6. The molecule has 7 nitrogen and oxygen atoms in total. The Morgan fingerprint density at radius 3 is 2.43 bits per heavy atom. The fourth-order valence-corrected chi connectivity index (χ4v) is 4.99. The van der Waals surface area contributed by atoms with Gasteiger partial charge in [-0.05, 0) is 44.0 Å². The largest absolute Gasteiger partial charge is 0.295 e. The zero-order valence-corrected chi connectivity index (χ0v) is 16.1. The number of Topliss-reactive ketones (excluding diaryl/α,β-unsaturated/α-hetero) is 1. The summed E-state index contributed by atoms with van der Waals surface area (Å²) in [5.41, 5.74) is 1.70. The van der Waals surface area contributed by atoms with Crippen molar-refractivity contribution in [1.29, 1.82) is 0 Å². The Hall–Kier alpha value is -2.65. The molecule has 4 rings (SSSR count). The van der Waals surface area contributed by atoms with Gasteiger partial charge in [0.15, 0.2) is 5.78 Å². The topological polar surface area (TPSA) is 85.2 Å². The van der Waals surface area contributed by atoms with Crippen LogP contribution in [0.15, 0.2) is 47.4 Å². The third kappa shape index (κ3) is 3.31. The van der Waals surface area contributed by atoms with Gasteiger partial charge < -0.3 is 0 Å². The van der Waals surface area contributed by atoms with Gasteiger partial charge in [-0.25, -0.2) is 17.5 Å². The van der Waals surface area contributed by atoms with Crippen molar-refractivity contribution in [1.82, 2.24) is 19.3 Å². The third-order valence-corrected chi connectivity index (χ3v) is 7.01. The minimum Gasteiger partial charge on any atom is -0.295 e. The van der Waals surface area contributed by atoms with Crippen molar-refractivity contribution in [2.24, 2.45) is 0 Å². The molecule has 1 fully saturated rings. The number of rotatable bonds is 4. The molecule has 0 saturated carbocycles. The molecule has 0 unspecified atom stereocenters. The average molecular weight is 402 g/mol. The second-order valence-corrected chi connectivity index (χ2v) is 8.82. The van der Waals surface area contributed by atoms with E-state index in [2.05, 4.69) is 10.3 Å². The van der Waals surface area contributed by atoms with E-state index in [4.69, 9.17) is 0 Å². The van der Waals surface area contributed by atoms with E-state index in [1.807, 2.05) is 0 Å². The van der Waals surface area contributed by atoms with E-state index in [1.54, 1.807) is 10.7 Å². The van der Waals surface area contributed by atoms with Gasteiger partial charge in [-0.2, -0.15) is 4.31 Å². The van der Waals surface area contributed by atoms with Crippen molar-refractivity contribution < 1.29 is 17.6 Å². The summed E-state index contributed by atoms with van der Waals surface area (Å²) < 4.78 is 42.3. The van der Waals surface area contributed by atoms with Crippen molar-refractivity contribution in [2.45, 2.75) is 30.7 Å². The molecule has 2 aromatic carbocycles. The summed E-state index contributed by atoms with van der Waals surface area (Å²) in [6.07, 6.45) is 1.17. The first-order valence-electron chi connectivity index (χ1n) is 8.98. The Bertz CT molecular complexity index is 1130. The van der Waals surface area contributed by atoms with Crippen molar-refractivity contribution in [2.75, 3.05) is 13.1 Å². The Balaban J connectivity index is 1.50. The Morgan fingerprint density at radius 1 is 1.11 bits per heavy atom. The van der Waals surface area contributed by atoms with Gasteiger partial charge in [0.2, 0.25) is 10.0 Å². The number of piperidine rings is 1. The van der Waals surface area contributed by atoms with Crippen LogP contribution >= 0.6 is 0 Å².